The zero-order valence-corrected chi connectivity index (χ0v) is 19.2. The zero-order valence-electron chi connectivity index (χ0n) is 19.2. The predicted molar refractivity (Wildman–Crippen MR) is 125 cm³/mol. The van der Waals surface area contributed by atoms with E-state index in [1.54, 1.807) is 18.2 Å². The Kier molecular flexibility index (Phi) is 7.41. The number of carbonyl (C=O) groups excluding carboxylic acids is 2. The summed E-state index contributed by atoms with van der Waals surface area (Å²) in [6.07, 6.45) is 1.01. The Morgan fingerprint density at radius 3 is 2.53 bits per heavy atom. The van der Waals surface area contributed by atoms with Crippen LogP contribution in [0.2, 0.25) is 0 Å². The molecule has 0 atom stereocenters. The van der Waals surface area contributed by atoms with Crippen molar-refractivity contribution in [1.82, 2.24) is 9.78 Å². The van der Waals surface area contributed by atoms with Gasteiger partial charge in [-0.05, 0) is 30.3 Å². The van der Waals surface area contributed by atoms with Crippen molar-refractivity contribution >= 4 is 23.2 Å². The summed E-state index contributed by atoms with van der Waals surface area (Å²) < 4.78 is 29.3. The van der Waals surface area contributed by atoms with Crippen LogP contribution in [0.3, 0.4) is 0 Å². The fraction of sp³-hybridized carbons (Fsp3) is 0.280. The monoisotopic (exact) mass is 465 g/mol. The molecule has 1 aliphatic rings. The number of nitrogens with one attached hydrogen (secondary N) is 1. The van der Waals surface area contributed by atoms with Gasteiger partial charge < -0.3 is 10.2 Å². The molecule has 9 heteroatoms. The lowest BCUT2D eigenvalue weighted by molar-refractivity contribution is -0.00827. The third-order valence-corrected chi connectivity index (χ3v) is 5.36. The number of alkyl halides is 2. The number of amides is 2. The van der Waals surface area contributed by atoms with Crippen molar-refractivity contribution in [2.75, 3.05) is 16.8 Å². The molecule has 0 spiro atoms. The van der Waals surface area contributed by atoms with Crippen molar-refractivity contribution in [3.63, 3.8) is 0 Å². The summed E-state index contributed by atoms with van der Waals surface area (Å²) in [6, 6.07) is 14.0. The van der Waals surface area contributed by atoms with Gasteiger partial charge in [-0.2, -0.15) is 10.4 Å². The Bertz CT molecular complexity index is 1230. The van der Waals surface area contributed by atoms with E-state index in [-0.39, 0.29) is 23.2 Å². The number of aromatic nitrogens is 2. The van der Waals surface area contributed by atoms with Crippen LogP contribution >= 0.6 is 0 Å². The highest BCUT2D eigenvalue weighted by Crippen LogP contribution is 2.33. The molecule has 1 N–H and O–H groups in total. The lowest BCUT2D eigenvalue weighted by Crippen LogP contribution is -2.41. The topological polar surface area (TPSA) is 91.0 Å². The molecular formula is C25H25F2N5O2. The van der Waals surface area contributed by atoms with Gasteiger partial charge in [0.15, 0.2) is 0 Å². The van der Waals surface area contributed by atoms with Crippen molar-refractivity contribution in [2.24, 2.45) is 0 Å². The molecule has 2 heterocycles. The number of hydrogen-bond acceptors (Lipinski definition) is 4. The molecule has 1 aliphatic heterocycles. The maximum Gasteiger partial charge on any atom is 0.277 e. The fourth-order valence-electron chi connectivity index (χ4n) is 3.57. The molecule has 0 saturated carbocycles. The standard InChI is InChI=1S/C23H19F2N5O2.C2H6/c1-2-23(24,25)16-6-8-18(9-7-16)29-10-11-30-20(22(29)32)19(14-27-30)21(31)28-17-5-3-4-15(12-17)13-26;1-2/h3-9,12,14H,2,10-11H2,1H3,(H,28,31);1-2H3. The number of hydrogen-bond donors (Lipinski definition) is 1. The molecule has 2 amide bonds. The number of anilines is 2. The Labute approximate surface area is 196 Å². The SMILES string of the molecule is CC.CCC(F)(F)c1ccc(N2CCn3ncc(C(=O)Nc4cccc(C#N)c4)c3C2=O)cc1. The third-order valence-electron chi connectivity index (χ3n) is 5.36. The summed E-state index contributed by atoms with van der Waals surface area (Å²) >= 11 is 0. The normalized spacial score (nSPS) is 12.8. The van der Waals surface area contributed by atoms with Crippen molar-refractivity contribution < 1.29 is 18.4 Å². The highest BCUT2D eigenvalue weighted by Gasteiger charge is 2.33. The molecule has 0 saturated heterocycles. The molecule has 3 aromatic rings. The van der Waals surface area contributed by atoms with Gasteiger partial charge in [0, 0.05) is 29.9 Å². The van der Waals surface area contributed by atoms with E-state index >= 15 is 0 Å². The summed E-state index contributed by atoms with van der Waals surface area (Å²) in [7, 11) is 0. The van der Waals surface area contributed by atoms with Gasteiger partial charge in [0.1, 0.15) is 5.69 Å². The van der Waals surface area contributed by atoms with Crippen LogP contribution in [-0.2, 0) is 12.5 Å². The van der Waals surface area contributed by atoms with E-state index in [1.165, 1.54) is 53.0 Å². The molecule has 34 heavy (non-hydrogen) atoms. The van der Waals surface area contributed by atoms with Gasteiger partial charge in [-0.15, -0.1) is 0 Å². The molecule has 4 rings (SSSR count). The van der Waals surface area contributed by atoms with Crippen LogP contribution in [-0.4, -0.2) is 28.1 Å². The summed E-state index contributed by atoms with van der Waals surface area (Å²) in [4.78, 5) is 27.5. The van der Waals surface area contributed by atoms with E-state index in [4.69, 9.17) is 5.26 Å². The van der Waals surface area contributed by atoms with E-state index in [1.807, 2.05) is 19.9 Å². The number of fused-ring (bicyclic) bond motifs is 1. The first-order valence-corrected chi connectivity index (χ1v) is 11.0. The number of nitriles is 1. The maximum atomic E-state index is 13.9. The van der Waals surface area contributed by atoms with Gasteiger partial charge in [-0.25, -0.2) is 8.78 Å². The zero-order chi connectivity index (χ0) is 24.9. The largest absolute Gasteiger partial charge is 0.322 e. The van der Waals surface area contributed by atoms with Gasteiger partial charge in [-0.1, -0.05) is 39.0 Å². The molecule has 0 bridgehead atoms. The minimum absolute atomic E-state index is 0.0937. The first-order valence-electron chi connectivity index (χ1n) is 11.0. The lowest BCUT2D eigenvalue weighted by Gasteiger charge is -2.28. The first kappa shape index (κ1) is 24.6. The van der Waals surface area contributed by atoms with E-state index < -0.39 is 17.7 Å². The molecule has 1 aromatic heterocycles. The minimum Gasteiger partial charge on any atom is -0.322 e. The average Bonchev–Trinajstić information content (AvgIpc) is 3.31. The average molecular weight is 466 g/mol. The third kappa shape index (κ3) is 4.81. The number of benzene rings is 2. The quantitative estimate of drug-likeness (QED) is 0.561. The molecule has 0 fully saturated rings. The molecule has 0 radical (unpaired) electrons. The van der Waals surface area contributed by atoms with Gasteiger partial charge in [0.05, 0.1) is 29.9 Å². The van der Waals surface area contributed by atoms with Crippen molar-refractivity contribution in [3.05, 3.63) is 77.1 Å². The smallest absolute Gasteiger partial charge is 0.277 e. The molecule has 2 aromatic carbocycles. The Hall–Kier alpha value is -4.06. The highest BCUT2D eigenvalue weighted by atomic mass is 19.3. The predicted octanol–water partition coefficient (Wildman–Crippen LogP) is 5.20. The number of carbonyl (C=O) groups is 2. The summed E-state index contributed by atoms with van der Waals surface area (Å²) in [5.74, 6) is -3.91. The van der Waals surface area contributed by atoms with Crippen molar-refractivity contribution in [3.8, 4) is 6.07 Å². The second-order valence-corrected chi connectivity index (χ2v) is 7.34. The molecule has 0 aliphatic carbocycles. The van der Waals surface area contributed by atoms with Crippen LogP contribution in [0.25, 0.3) is 0 Å². The Balaban J connectivity index is 0.00000158. The summed E-state index contributed by atoms with van der Waals surface area (Å²) in [5.41, 5.74) is 1.37. The van der Waals surface area contributed by atoms with Gasteiger partial charge in [-0.3, -0.25) is 14.3 Å². The van der Waals surface area contributed by atoms with E-state index in [0.29, 0.717) is 30.0 Å². The first-order chi connectivity index (χ1) is 16.3. The van der Waals surface area contributed by atoms with Crippen LogP contribution < -0.4 is 10.2 Å². The molecule has 0 unspecified atom stereocenters. The van der Waals surface area contributed by atoms with Gasteiger partial charge in [0.2, 0.25) is 0 Å². The minimum atomic E-state index is -2.93. The lowest BCUT2D eigenvalue weighted by atomic mass is 10.1. The van der Waals surface area contributed by atoms with Crippen LogP contribution in [0.15, 0.2) is 54.7 Å². The second kappa shape index (κ2) is 10.3. The van der Waals surface area contributed by atoms with Gasteiger partial charge in [0.25, 0.3) is 17.7 Å². The maximum absolute atomic E-state index is 13.9. The van der Waals surface area contributed by atoms with E-state index in [2.05, 4.69) is 10.4 Å². The second-order valence-electron chi connectivity index (χ2n) is 7.34. The van der Waals surface area contributed by atoms with Crippen molar-refractivity contribution in [1.29, 1.82) is 5.26 Å². The summed E-state index contributed by atoms with van der Waals surface area (Å²) in [6.45, 7) is 6.06. The Morgan fingerprint density at radius 2 is 1.88 bits per heavy atom. The number of nitrogens with zero attached hydrogens (tertiary/aromatic N) is 4. The molecule has 7 nitrogen and oxygen atoms in total. The molecule has 176 valence electrons. The summed E-state index contributed by atoms with van der Waals surface area (Å²) in [5, 5.41) is 15.8. The van der Waals surface area contributed by atoms with Crippen LogP contribution in [0.1, 0.15) is 59.2 Å². The van der Waals surface area contributed by atoms with Crippen LogP contribution in [0.5, 0.6) is 0 Å². The van der Waals surface area contributed by atoms with Crippen LogP contribution in [0, 0.1) is 11.3 Å². The Morgan fingerprint density at radius 1 is 1.18 bits per heavy atom. The van der Waals surface area contributed by atoms with Gasteiger partial charge >= 0.3 is 0 Å². The van der Waals surface area contributed by atoms with E-state index in [0.717, 1.165) is 0 Å². The number of halogens is 2. The van der Waals surface area contributed by atoms with Crippen LogP contribution in [0.4, 0.5) is 20.2 Å². The fourth-order valence-corrected chi connectivity index (χ4v) is 3.57. The van der Waals surface area contributed by atoms with Crippen molar-refractivity contribution in [2.45, 2.75) is 39.7 Å². The number of rotatable bonds is 5. The highest BCUT2D eigenvalue weighted by molar-refractivity contribution is 6.15. The van der Waals surface area contributed by atoms with E-state index in [9.17, 15) is 18.4 Å². The molecular weight excluding hydrogens is 440 g/mol.